The summed E-state index contributed by atoms with van der Waals surface area (Å²) in [4.78, 5) is 0. The fourth-order valence-electron chi connectivity index (χ4n) is 4.05. The highest BCUT2D eigenvalue weighted by Gasteiger charge is 2.41. The first-order valence-corrected chi connectivity index (χ1v) is 11.8. The number of ether oxygens (including phenoxy) is 1. The fraction of sp³-hybridized carbons (Fsp3) is 0.636. The van der Waals surface area contributed by atoms with E-state index in [-0.39, 0.29) is 24.2 Å². The number of hydrogen-bond donors (Lipinski definition) is 1. The van der Waals surface area contributed by atoms with Gasteiger partial charge in [0.1, 0.15) is 12.4 Å². The maximum atomic E-state index is 10.6. The van der Waals surface area contributed by atoms with Crippen LogP contribution in [0.2, 0.25) is 5.02 Å². The average molecular weight is 461 g/mol. The van der Waals surface area contributed by atoms with Crippen molar-refractivity contribution < 1.29 is 18.9 Å². The van der Waals surface area contributed by atoms with Crippen molar-refractivity contribution in [1.82, 2.24) is 0 Å². The summed E-state index contributed by atoms with van der Waals surface area (Å²) in [6, 6.07) is 7.38. The molecule has 0 saturated heterocycles. The van der Waals surface area contributed by atoms with Gasteiger partial charge in [0.2, 0.25) is 0 Å². The zero-order chi connectivity index (χ0) is 21.1. The molecule has 1 aliphatic carbocycles. The second-order valence-corrected chi connectivity index (χ2v) is 8.74. The van der Waals surface area contributed by atoms with E-state index >= 15 is 0 Å². The summed E-state index contributed by atoms with van der Waals surface area (Å²) in [6.45, 7) is 2.65. The minimum atomic E-state index is -0.320. The van der Waals surface area contributed by atoms with Crippen LogP contribution in [0.15, 0.2) is 36.4 Å². The largest absolute Gasteiger partial charge is 0.491 e. The van der Waals surface area contributed by atoms with Crippen LogP contribution in [0.3, 0.4) is 0 Å². The Morgan fingerprint density at radius 2 is 2.10 bits per heavy atom. The van der Waals surface area contributed by atoms with E-state index in [9.17, 15) is 5.11 Å². The zero-order valence-electron chi connectivity index (χ0n) is 17.2. The van der Waals surface area contributed by atoms with E-state index in [1.54, 1.807) is 6.07 Å². The average Bonchev–Trinajstić information content (AvgIpc) is 3.02. The van der Waals surface area contributed by atoms with Gasteiger partial charge in [0.25, 0.3) is 0 Å². The molecule has 0 aromatic heterocycles. The van der Waals surface area contributed by atoms with Gasteiger partial charge >= 0.3 is 0 Å². The molecule has 0 spiro atoms. The number of hydrogen-bond acceptors (Lipinski definition) is 4. The predicted octanol–water partition coefficient (Wildman–Crippen LogP) is 5.98. The number of aliphatic hydroxyl groups is 1. The molecule has 1 aromatic carbocycles. The molecule has 1 aromatic rings. The summed E-state index contributed by atoms with van der Waals surface area (Å²) in [6.07, 6.45) is 11.0. The van der Waals surface area contributed by atoms with Crippen molar-refractivity contribution in [3.8, 4) is 5.75 Å². The highest BCUT2D eigenvalue weighted by molar-refractivity contribution is 7.10. The molecule has 0 aliphatic heterocycles. The smallest absolute Gasteiger partial charge is 0.120 e. The Bertz CT molecular complexity index is 616. The summed E-state index contributed by atoms with van der Waals surface area (Å²) >= 11 is 6.01. The predicted molar refractivity (Wildman–Crippen MR) is 126 cm³/mol. The van der Waals surface area contributed by atoms with E-state index in [1.807, 2.05) is 18.2 Å². The third-order valence-electron chi connectivity index (χ3n) is 5.72. The van der Waals surface area contributed by atoms with Crippen LogP contribution < -0.4 is 4.74 Å². The van der Waals surface area contributed by atoms with Crippen LogP contribution in [-0.4, -0.2) is 30.0 Å². The summed E-state index contributed by atoms with van der Waals surface area (Å²) in [7, 11) is 4.72. The van der Waals surface area contributed by atoms with Gasteiger partial charge in [-0.2, -0.15) is 0 Å². The molecule has 5 unspecified atom stereocenters. The summed E-state index contributed by atoms with van der Waals surface area (Å²) in [5.74, 6) is 1.26. The lowest BCUT2D eigenvalue weighted by molar-refractivity contribution is 0.0972. The normalized spacial score (nSPS) is 25.6. The Morgan fingerprint density at radius 1 is 1.28 bits per heavy atom. The van der Waals surface area contributed by atoms with Gasteiger partial charge in [0.15, 0.2) is 0 Å². The molecule has 0 amide bonds. The number of benzene rings is 1. The minimum absolute atomic E-state index is 0.0531. The second-order valence-electron chi connectivity index (χ2n) is 7.76. The minimum Gasteiger partial charge on any atom is -0.491 e. The van der Waals surface area contributed by atoms with Crippen LogP contribution in [0.1, 0.15) is 51.9 Å². The van der Waals surface area contributed by atoms with Crippen LogP contribution >= 0.6 is 30.5 Å². The molecule has 7 heteroatoms. The first kappa shape index (κ1) is 25.1. The van der Waals surface area contributed by atoms with Gasteiger partial charge in [-0.25, -0.2) is 0 Å². The molecule has 1 aliphatic rings. The molecule has 0 radical (unpaired) electrons. The van der Waals surface area contributed by atoms with Crippen LogP contribution in [0.5, 0.6) is 5.75 Å². The number of rotatable bonds is 13. The van der Waals surface area contributed by atoms with E-state index in [0.717, 1.165) is 31.4 Å². The SMILES string of the molecule is CCCC/C=C\C[C@H]1C(O)CC(OP)[C@@H]1CCC(COc1cccc(Cl)c1)OP. The Labute approximate surface area is 185 Å². The Kier molecular flexibility index (Phi) is 12.1. The van der Waals surface area contributed by atoms with Crippen molar-refractivity contribution in [2.24, 2.45) is 11.8 Å². The van der Waals surface area contributed by atoms with E-state index < -0.39 is 0 Å². The maximum absolute atomic E-state index is 10.6. The lowest BCUT2D eigenvalue weighted by Gasteiger charge is -2.26. The molecular formula is C22H35ClO4P2. The first-order chi connectivity index (χ1) is 14.1. The zero-order valence-corrected chi connectivity index (χ0v) is 20.3. The van der Waals surface area contributed by atoms with Crippen LogP contribution in [0.4, 0.5) is 0 Å². The van der Waals surface area contributed by atoms with E-state index in [4.69, 9.17) is 25.4 Å². The highest BCUT2D eigenvalue weighted by Crippen LogP contribution is 2.41. The Morgan fingerprint density at radius 3 is 2.79 bits per heavy atom. The summed E-state index contributed by atoms with van der Waals surface area (Å²) in [5.41, 5.74) is 0. The molecule has 1 N–H and O–H groups in total. The lowest BCUT2D eigenvalue weighted by Crippen LogP contribution is -2.26. The van der Waals surface area contributed by atoms with Gasteiger partial charge in [-0.15, -0.1) is 0 Å². The van der Waals surface area contributed by atoms with Crippen LogP contribution in [0, 0.1) is 11.8 Å². The van der Waals surface area contributed by atoms with Crippen molar-refractivity contribution >= 4 is 30.5 Å². The summed E-state index contributed by atoms with van der Waals surface area (Å²) < 4.78 is 17.0. The Balaban J connectivity index is 1.88. The first-order valence-electron chi connectivity index (χ1n) is 10.5. The number of halogens is 1. The van der Waals surface area contributed by atoms with E-state index in [1.165, 1.54) is 12.8 Å². The molecule has 164 valence electrons. The Hall–Kier alpha value is -0.210. The third kappa shape index (κ3) is 8.44. The molecule has 0 heterocycles. The van der Waals surface area contributed by atoms with E-state index in [2.05, 4.69) is 38.0 Å². The van der Waals surface area contributed by atoms with Gasteiger partial charge in [0.05, 0.1) is 18.3 Å². The monoisotopic (exact) mass is 460 g/mol. The number of unbranched alkanes of at least 4 members (excludes halogenated alkanes) is 2. The van der Waals surface area contributed by atoms with Crippen molar-refractivity contribution in [1.29, 1.82) is 0 Å². The van der Waals surface area contributed by atoms with Gasteiger partial charge < -0.3 is 18.9 Å². The summed E-state index contributed by atoms with van der Waals surface area (Å²) in [5, 5.41) is 11.2. The van der Waals surface area contributed by atoms with Gasteiger partial charge in [0, 0.05) is 30.4 Å². The molecule has 4 nitrogen and oxygen atoms in total. The van der Waals surface area contributed by atoms with Gasteiger partial charge in [-0.1, -0.05) is 49.6 Å². The molecular weight excluding hydrogens is 426 g/mol. The maximum Gasteiger partial charge on any atom is 0.120 e. The molecule has 7 atom stereocenters. The van der Waals surface area contributed by atoms with Crippen LogP contribution in [0.25, 0.3) is 0 Å². The topological polar surface area (TPSA) is 47.9 Å². The van der Waals surface area contributed by atoms with Crippen molar-refractivity contribution in [3.63, 3.8) is 0 Å². The van der Waals surface area contributed by atoms with Gasteiger partial charge in [-0.3, -0.25) is 0 Å². The van der Waals surface area contributed by atoms with E-state index in [0.29, 0.717) is 24.0 Å². The standard InChI is InChI=1S/C22H35ClO4P2/c1-2-3-4-5-6-10-19-20(22(27-29)14-21(19)24)12-11-18(26-28)15-25-17-9-7-8-16(23)13-17/h5-9,13,18-22,24H,2-4,10-12,14-15,28-29H2,1H3/b6-5-/t18?,19-,20-,21?,22?/m1/s1. The second kappa shape index (κ2) is 14.0. The third-order valence-corrected chi connectivity index (χ3v) is 6.69. The van der Waals surface area contributed by atoms with Gasteiger partial charge in [-0.05, 0) is 55.7 Å². The molecule has 1 fully saturated rings. The van der Waals surface area contributed by atoms with Crippen molar-refractivity contribution in [3.05, 3.63) is 41.4 Å². The molecule has 29 heavy (non-hydrogen) atoms. The highest BCUT2D eigenvalue weighted by atomic mass is 35.5. The fourth-order valence-corrected chi connectivity index (χ4v) is 4.75. The van der Waals surface area contributed by atoms with Crippen molar-refractivity contribution in [2.45, 2.75) is 70.2 Å². The quantitative estimate of drug-likeness (QED) is 0.223. The molecule has 0 bridgehead atoms. The van der Waals surface area contributed by atoms with Crippen LogP contribution in [-0.2, 0) is 9.05 Å². The number of allylic oxidation sites excluding steroid dienone is 2. The molecule has 2 rings (SSSR count). The lowest BCUT2D eigenvalue weighted by atomic mass is 9.86. The number of aliphatic hydroxyl groups excluding tert-OH is 1. The molecule has 1 saturated carbocycles. The van der Waals surface area contributed by atoms with Crippen molar-refractivity contribution in [2.75, 3.05) is 6.61 Å².